The molecule has 0 rings (SSSR count). The maximum atomic E-state index is 8.36. The molecule has 0 amide bonds. The summed E-state index contributed by atoms with van der Waals surface area (Å²) in [5.74, 6) is 0. The van der Waals surface area contributed by atoms with Crippen LogP contribution in [-0.4, -0.2) is 43.2 Å². The van der Waals surface area contributed by atoms with Crippen molar-refractivity contribution in [2.75, 3.05) is 0 Å². The summed E-state index contributed by atoms with van der Waals surface area (Å²) in [6.45, 7) is 0. The summed E-state index contributed by atoms with van der Waals surface area (Å²) >= 11 is 0. The Morgan fingerprint density at radius 1 is 0.909 bits per heavy atom. The van der Waals surface area contributed by atoms with Gasteiger partial charge in [0, 0.05) is 39.9 Å². The zero-order chi connectivity index (χ0) is 3.58. The zero-order valence-corrected chi connectivity index (χ0v) is 9.32. The van der Waals surface area contributed by atoms with E-state index >= 15 is 0 Å². The van der Waals surface area contributed by atoms with Crippen molar-refractivity contribution in [1.29, 1.82) is 0 Å². The fourth-order valence-electron chi connectivity index (χ4n) is 0. The first-order valence-corrected chi connectivity index (χ1v) is 0.565. The Hall–Kier alpha value is 0.285. The summed E-state index contributed by atoms with van der Waals surface area (Å²) in [4.78, 5) is 8.36. The number of nitrogens with zero attached hydrogens (tertiary/aromatic N) is 1. The molecule has 76 valence electrons. The van der Waals surface area contributed by atoms with Gasteiger partial charge in [-0.25, -0.2) is 0 Å². The van der Waals surface area contributed by atoms with Gasteiger partial charge in [-0.1, -0.05) is 0 Å². The third-order valence-corrected chi connectivity index (χ3v) is 0. The topological polar surface area (TPSA) is 252 Å². The molecule has 0 saturated carbocycles. The second kappa shape index (κ2) is 82.2. The van der Waals surface area contributed by atoms with E-state index in [2.05, 4.69) is 0 Å². The average molecular weight is 403 g/mol. The van der Waals surface area contributed by atoms with Gasteiger partial charge in [0.25, 0.3) is 5.09 Å². The number of rotatable bonds is 0. The molecule has 0 aromatic rings. The molecule has 11 heavy (non-hydrogen) atoms. The monoisotopic (exact) mass is 403 g/mol. The van der Waals surface area contributed by atoms with Crippen LogP contribution in [0, 0.1) is 50.1 Å². The van der Waals surface area contributed by atoms with Crippen molar-refractivity contribution in [3.63, 3.8) is 0 Å². The molecule has 10 nitrogen and oxygen atoms in total. The molecule has 11 heteroatoms. The van der Waals surface area contributed by atoms with Gasteiger partial charge in [0.1, 0.15) is 0 Å². The normalized spacial score (nSPS) is 2.18. The van der Waals surface area contributed by atoms with E-state index in [1.54, 1.807) is 0 Å². The Labute approximate surface area is 92.8 Å². The van der Waals surface area contributed by atoms with E-state index in [-0.39, 0.29) is 72.8 Å². The molecule has 13 N–H and O–H groups in total. The summed E-state index contributed by atoms with van der Waals surface area (Å²) in [5.41, 5.74) is 0. The minimum atomic E-state index is -1.50. The molecule has 0 spiro atoms. The molecule has 0 aliphatic carbocycles. The summed E-state index contributed by atoms with van der Waals surface area (Å²) < 4.78 is 0. The van der Waals surface area contributed by atoms with E-state index < -0.39 is 5.09 Å². The molecular weight excluding hydrogens is 390 g/mol. The van der Waals surface area contributed by atoms with Crippen molar-refractivity contribution < 1.29 is 83.1 Å². The molecule has 0 fully saturated rings. The summed E-state index contributed by atoms with van der Waals surface area (Å²) in [7, 11) is 0. The summed E-state index contributed by atoms with van der Waals surface area (Å²) in [6, 6.07) is 0. The molecule has 0 saturated heterocycles. The van der Waals surface area contributed by atoms with Crippen LogP contribution >= 0.6 is 0 Å². The van der Waals surface area contributed by atoms with Crippen molar-refractivity contribution in [1.82, 2.24) is 0 Å². The van der Waals surface area contributed by atoms with Crippen LogP contribution in [0.4, 0.5) is 0 Å². The predicted octanol–water partition coefficient (Wildman–Crippen LogP) is -5.30. The minimum absolute atomic E-state index is 0. The van der Waals surface area contributed by atoms with Crippen molar-refractivity contribution in [2.24, 2.45) is 0 Å². The van der Waals surface area contributed by atoms with Crippen LogP contribution in [0.25, 0.3) is 0 Å². The van der Waals surface area contributed by atoms with E-state index in [9.17, 15) is 0 Å². The molecule has 0 aliphatic heterocycles. The largest absolute Gasteiger partial charge is 0.412 e. The second-order valence-electron chi connectivity index (χ2n) is 0.238. The molecule has 0 radical (unpaired) electrons. The van der Waals surface area contributed by atoms with Gasteiger partial charge in [-0.05, 0) is 0 Å². The Balaban J connectivity index is -0.00000000214. The van der Waals surface area contributed by atoms with Crippen LogP contribution < -0.4 is 0 Å². The predicted molar refractivity (Wildman–Crippen MR) is 30.5 cm³/mol. The van der Waals surface area contributed by atoms with E-state index in [1.165, 1.54) is 0 Å². The molecule has 0 atom stereocenters. The van der Waals surface area contributed by atoms with Gasteiger partial charge in [-0.2, -0.15) is 0 Å². The van der Waals surface area contributed by atoms with Crippen LogP contribution in [0.15, 0.2) is 0 Å². The number of hydrogen-bond donors (Lipinski definition) is 1. The van der Waals surface area contributed by atoms with Gasteiger partial charge in [-0.15, -0.1) is 10.1 Å². The van der Waals surface area contributed by atoms with Crippen molar-refractivity contribution in [3.05, 3.63) is 10.1 Å². The smallest absolute Gasteiger partial charge is 0.291 e. The fraction of sp³-hybridized carbons (Fsp3) is 0. The van der Waals surface area contributed by atoms with E-state index in [4.69, 9.17) is 15.3 Å². The van der Waals surface area contributed by atoms with Gasteiger partial charge in [0.15, 0.2) is 0 Å². The van der Waals surface area contributed by atoms with E-state index in [0.29, 0.717) is 0 Å². The maximum Gasteiger partial charge on any atom is 0.291 e. The Bertz CT molecular complexity index is 32.5. The van der Waals surface area contributed by atoms with Gasteiger partial charge < -0.3 is 38.1 Å². The van der Waals surface area contributed by atoms with Crippen LogP contribution in [0.2, 0.25) is 0 Å². The zero-order valence-electron chi connectivity index (χ0n) is 5.21. The Morgan fingerprint density at radius 3 is 0.909 bits per heavy atom. The van der Waals surface area contributed by atoms with Gasteiger partial charge in [-0.3, -0.25) is 0 Å². The molecular formula is H13NO9Th. The number of hydrogen-bond acceptors (Lipinski definition) is 2. The SMILES string of the molecule is O.O.O.O.O.O.O=[N+]([O-])O.[Th]. The quantitative estimate of drug-likeness (QED) is 0.307. The molecule has 0 unspecified atom stereocenters. The molecule has 0 heterocycles. The first kappa shape index (κ1) is 111. The average Bonchev–Trinajstić information content (AvgIpc) is 0.811. The van der Waals surface area contributed by atoms with E-state index in [1.807, 2.05) is 0 Å². The van der Waals surface area contributed by atoms with Gasteiger partial charge >= 0.3 is 0 Å². The van der Waals surface area contributed by atoms with E-state index in [0.717, 1.165) is 0 Å². The van der Waals surface area contributed by atoms with Crippen LogP contribution in [0.3, 0.4) is 0 Å². The minimum Gasteiger partial charge on any atom is -0.412 e. The first-order valence-electron chi connectivity index (χ1n) is 0.565. The third-order valence-electron chi connectivity index (χ3n) is 0. The van der Waals surface area contributed by atoms with Gasteiger partial charge in [0.2, 0.25) is 0 Å². The molecule has 0 aromatic carbocycles. The van der Waals surface area contributed by atoms with Crippen LogP contribution in [0.5, 0.6) is 0 Å². The summed E-state index contributed by atoms with van der Waals surface area (Å²) in [5, 5.41) is 13.6. The first-order chi connectivity index (χ1) is 1.73. The van der Waals surface area contributed by atoms with Crippen LogP contribution in [-0.2, 0) is 0 Å². The molecule has 0 bridgehead atoms. The fourth-order valence-corrected chi connectivity index (χ4v) is 0. The second-order valence-corrected chi connectivity index (χ2v) is 0.238. The Morgan fingerprint density at radius 2 is 0.909 bits per heavy atom. The molecule has 0 aliphatic rings. The third kappa shape index (κ3) is 8710. The van der Waals surface area contributed by atoms with Crippen molar-refractivity contribution in [2.45, 2.75) is 0 Å². The maximum absolute atomic E-state index is 8.36. The summed E-state index contributed by atoms with van der Waals surface area (Å²) in [6.07, 6.45) is 0. The van der Waals surface area contributed by atoms with Crippen molar-refractivity contribution >= 4 is 0 Å². The standard InChI is InChI=1S/HNO3.6H2O.Th/c2-1(3)4;;;;;;;/h(H,2,3,4);6*1H2;. The van der Waals surface area contributed by atoms with Gasteiger partial charge in [0.05, 0.1) is 0 Å². The van der Waals surface area contributed by atoms with Crippen LogP contribution in [0.1, 0.15) is 0 Å². The molecule has 0 aromatic heterocycles. The van der Waals surface area contributed by atoms with Crippen molar-refractivity contribution in [3.8, 4) is 0 Å². The Kier molecular flexibility index (Phi) is 826.